The first-order chi connectivity index (χ1) is 13.9. The number of unbranched alkanes of at least 4 members (excludes halogenated alkanes) is 3. The van der Waals surface area contributed by atoms with Gasteiger partial charge in [-0.15, -0.1) is 0 Å². The SMILES string of the molecule is CCCCCCNC(=O)c1cnn2c(C)c(Cc3c(F)cccc3Cl)c(C)nc12. The summed E-state index contributed by atoms with van der Waals surface area (Å²) >= 11 is 6.19. The van der Waals surface area contributed by atoms with Crippen molar-refractivity contribution in [2.45, 2.75) is 52.9 Å². The molecule has 0 aliphatic heterocycles. The second kappa shape index (κ2) is 9.35. The summed E-state index contributed by atoms with van der Waals surface area (Å²) in [6, 6.07) is 4.66. The number of nitrogens with zero attached hydrogens (tertiary/aromatic N) is 3. The molecular weight excluding hydrogens is 391 g/mol. The van der Waals surface area contributed by atoms with Crippen molar-refractivity contribution in [2.75, 3.05) is 6.54 Å². The van der Waals surface area contributed by atoms with Crippen LogP contribution in [0.3, 0.4) is 0 Å². The van der Waals surface area contributed by atoms with Gasteiger partial charge < -0.3 is 5.32 Å². The van der Waals surface area contributed by atoms with E-state index >= 15 is 0 Å². The Morgan fingerprint density at radius 3 is 2.72 bits per heavy atom. The van der Waals surface area contributed by atoms with Crippen LogP contribution in [0.15, 0.2) is 24.4 Å². The molecule has 0 bridgehead atoms. The molecule has 0 atom stereocenters. The predicted octanol–water partition coefficient (Wildman–Crippen LogP) is 5.04. The first kappa shape index (κ1) is 21.2. The third-order valence-electron chi connectivity index (χ3n) is 5.18. The van der Waals surface area contributed by atoms with Crippen LogP contribution in [0.1, 0.15) is 65.5 Å². The van der Waals surface area contributed by atoms with E-state index in [1.807, 2.05) is 13.8 Å². The van der Waals surface area contributed by atoms with E-state index in [2.05, 4.69) is 22.3 Å². The molecule has 0 aliphatic rings. The number of hydrogen-bond acceptors (Lipinski definition) is 3. The number of carbonyl (C=O) groups is 1. The van der Waals surface area contributed by atoms with Gasteiger partial charge >= 0.3 is 0 Å². The lowest BCUT2D eigenvalue weighted by Gasteiger charge is -2.13. The summed E-state index contributed by atoms with van der Waals surface area (Å²) < 4.78 is 15.9. The summed E-state index contributed by atoms with van der Waals surface area (Å²) in [4.78, 5) is 17.2. The van der Waals surface area contributed by atoms with Crippen LogP contribution in [0.2, 0.25) is 5.02 Å². The summed E-state index contributed by atoms with van der Waals surface area (Å²) in [7, 11) is 0. The third-order valence-corrected chi connectivity index (χ3v) is 5.54. The van der Waals surface area contributed by atoms with Gasteiger partial charge in [0.05, 0.1) is 6.20 Å². The molecule has 0 aliphatic carbocycles. The minimum atomic E-state index is -0.347. The Balaban J connectivity index is 1.86. The minimum Gasteiger partial charge on any atom is -0.352 e. The number of hydrogen-bond donors (Lipinski definition) is 1. The molecule has 0 saturated carbocycles. The molecule has 1 aromatic carbocycles. The van der Waals surface area contributed by atoms with Crippen molar-refractivity contribution < 1.29 is 9.18 Å². The topological polar surface area (TPSA) is 59.3 Å². The fourth-order valence-corrected chi connectivity index (χ4v) is 3.68. The number of halogens is 2. The fourth-order valence-electron chi connectivity index (χ4n) is 3.45. The van der Waals surface area contributed by atoms with Crippen molar-refractivity contribution in [1.29, 1.82) is 0 Å². The molecular formula is C22H26ClFN4O. The van der Waals surface area contributed by atoms with E-state index in [9.17, 15) is 9.18 Å². The van der Waals surface area contributed by atoms with E-state index < -0.39 is 0 Å². The highest BCUT2D eigenvalue weighted by molar-refractivity contribution is 6.31. The van der Waals surface area contributed by atoms with Crippen molar-refractivity contribution in [3.05, 3.63) is 63.3 Å². The Hall–Kier alpha value is -2.47. The monoisotopic (exact) mass is 416 g/mol. The molecule has 1 N–H and O–H groups in total. The van der Waals surface area contributed by atoms with Gasteiger partial charge in [0, 0.05) is 34.9 Å². The van der Waals surface area contributed by atoms with Crippen LogP contribution in [0.5, 0.6) is 0 Å². The van der Waals surface area contributed by atoms with E-state index in [0.717, 1.165) is 36.2 Å². The van der Waals surface area contributed by atoms with Crippen molar-refractivity contribution in [1.82, 2.24) is 19.9 Å². The van der Waals surface area contributed by atoms with Gasteiger partial charge in [-0.2, -0.15) is 5.10 Å². The van der Waals surface area contributed by atoms with Gasteiger partial charge in [-0.1, -0.05) is 43.9 Å². The zero-order valence-electron chi connectivity index (χ0n) is 17.1. The molecule has 2 aromatic heterocycles. The van der Waals surface area contributed by atoms with Gasteiger partial charge in [0.1, 0.15) is 11.4 Å². The van der Waals surface area contributed by atoms with Gasteiger partial charge in [-0.05, 0) is 38.0 Å². The fraction of sp³-hybridized carbons (Fsp3) is 0.409. The summed E-state index contributed by atoms with van der Waals surface area (Å²) in [6.45, 7) is 6.54. The lowest BCUT2D eigenvalue weighted by atomic mass is 10.0. The lowest BCUT2D eigenvalue weighted by Crippen LogP contribution is -2.24. The summed E-state index contributed by atoms with van der Waals surface area (Å²) in [5, 5.41) is 7.68. The van der Waals surface area contributed by atoms with Crippen molar-refractivity contribution >= 4 is 23.2 Å². The third kappa shape index (κ3) is 4.58. The van der Waals surface area contributed by atoms with Gasteiger partial charge in [-0.25, -0.2) is 13.9 Å². The average molecular weight is 417 g/mol. The van der Waals surface area contributed by atoms with Crippen molar-refractivity contribution in [3.8, 4) is 0 Å². The molecule has 3 rings (SSSR count). The molecule has 1 amide bonds. The van der Waals surface area contributed by atoms with Gasteiger partial charge in [-0.3, -0.25) is 4.79 Å². The van der Waals surface area contributed by atoms with E-state index in [-0.39, 0.29) is 11.7 Å². The molecule has 3 aromatic rings. The molecule has 2 heterocycles. The van der Waals surface area contributed by atoms with Crippen LogP contribution in [0.4, 0.5) is 4.39 Å². The zero-order chi connectivity index (χ0) is 21.0. The number of aryl methyl sites for hydroxylation is 2. The standard InChI is InChI=1S/C22H26ClFN4O/c1-4-5-6-7-11-25-22(29)18-13-26-28-15(3)16(14(2)27-21(18)28)12-17-19(23)9-8-10-20(17)24/h8-10,13H,4-7,11-12H2,1-3H3,(H,25,29). The highest BCUT2D eigenvalue weighted by atomic mass is 35.5. The van der Waals surface area contributed by atoms with Crippen molar-refractivity contribution in [3.63, 3.8) is 0 Å². The molecule has 0 saturated heterocycles. The van der Waals surface area contributed by atoms with Crippen molar-refractivity contribution in [2.24, 2.45) is 0 Å². The molecule has 0 spiro atoms. The number of carbonyl (C=O) groups excluding carboxylic acids is 1. The Labute approximate surface area is 175 Å². The van der Waals surface area contributed by atoms with Gasteiger partial charge in [0.25, 0.3) is 5.91 Å². The first-order valence-corrected chi connectivity index (χ1v) is 10.4. The second-order valence-electron chi connectivity index (χ2n) is 7.25. The van der Waals surface area contributed by atoms with E-state index in [1.54, 1.807) is 16.6 Å². The molecule has 154 valence electrons. The van der Waals surface area contributed by atoms with E-state index in [0.29, 0.717) is 34.8 Å². The minimum absolute atomic E-state index is 0.173. The molecule has 29 heavy (non-hydrogen) atoms. The molecule has 5 nitrogen and oxygen atoms in total. The Morgan fingerprint density at radius 2 is 2.00 bits per heavy atom. The van der Waals surface area contributed by atoms with E-state index in [4.69, 9.17) is 11.6 Å². The zero-order valence-corrected chi connectivity index (χ0v) is 17.8. The molecule has 0 fully saturated rings. The Bertz CT molecular complexity index is 1010. The number of fused-ring (bicyclic) bond motifs is 1. The number of amides is 1. The van der Waals surface area contributed by atoms with Crippen LogP contribution in [0.25, 0.3) is 5.65 Å². The van der Waals surface area contributed by atoms with Crippen LogP contribution >= 0.6 is 11.6 Å². The molecule has 7 heteroatoms. The summed E-state index contributed by atoms with van der Waals surface area (Å²) in [5.41, 5.74) is 3.77. The van der Waals surface area contributed by atoms with Gasteiger partial charge in [0.2, 0.25) is 0 Å². The maximum Gasteiger partial charge on any atom is 0.256 e. The smallest absolute Gasteiger partial charge is 0.256 e. The number of benzene rings is 1. The molecule has 0 radical (unpaired) electrons. The number of aromatic nitrogens is 3. The maximum absolute atomic E-state index is 14.2. The van der Waals surface area contributed by atoms with Crippen LogP contribution in [-0.4, -0.2) is 27.0 Å². The van der Waals surface area contributed by atoms with E-state index in [1.165, 1.54) is 18.7 Å². The number of rotatable bonds is 8. The average Bonchev–Trinajstić information content (AvgIpc) is 3.10. The first-order valence-electron chi connectivity index (χ1n) is 9.99. The highest BCUT2D eigenvalue weighted by Crippen LogP contribution is 2.26. The second-order valence-corrected chi connectivity index (χ2v) is 7.66. The van der Waals surface area contributed by atoms with Gasteiger partial charge in [0.15, 0.2) is 5.65 Å². The molecule has 0 unspecified atom stereocenters. The lowest BCUT2D eigenvalue weighted by molar-refractivity contribution is 0.0954. The van der Waals surface area contributed by atoms with Crippen LogP contribution < -0.4 is 5.32 Å². The van der Waals surface area contributed by atoms with Crippen LogP contribution in [0, 0.1) is 19.7 Å². The largest absolute Gasteiger partial charge is 0.352 e. The Kier molecular flexibility index (Phi) is 6.85. The van der Waals surface area contributed by atoms with Crippen LogP contribution in [-0.2, 0) is 6.42 Å². The Morgan fingerprint density at radius 1 is 1.21 bits per heavy atom. The quantitative estimate of drug-likeness (QED) is 0.523. The number of nitrogens with one attached hydrogen (secondary N) is 1. The normalized spacial score (nSPS) is 11.2. The summed E-state index contributed by atoms with van der Waals surface area (Å²) in [6.07, 6.45) is 6.23. The predicted molar refractivity (Wildman–Crippen MR) is 113 cm³/mol. The summed E-state index contributed by atoms with van der Waals surface area (Å²) in [5.74, 6) is -0.521. The maximum atomic E-state index is 14.2. The highest BCUT2D eigenvalue weighted by Gasteiger charge is 2.19.